The molecule has 3 aromatic heterocycles. The molecule has 0 spiro atoms. The van der Waals surface area contributed by atoms with Crippen LogP contribution in [0.25, 0.3) is 111 Å². The van der Waals surface area contributed by atoms with Crippen LogP contribution < -0.4 is 0 Å². The van der Waals surface area contributed by atoms with Gasteiger partial charge in [-0.05, 0) is 64.7 Å². The lowest BCUT2D eigenvalue weighted by Gasteiger charge is -2.17. The lowest BCUT2D eigenvalue weighted by molar-refractivity contribution is 1.06. The van der Waals surface area contributed by atoms with E-state index in [1.54, 1.807) is 0 Å². The number of hydrogen-bond acceptors (Lipinski definition) is 3. The van der Waals surface area contributed by atoms with Crippen molar-refractivity contribution in [1.82, 2.24) is 24.1 Å². The molecule has 0 N–H and O–H groups in total. The van der Waals surface area contributed by atoms with Crippen molar-refractivity contribution < 1.29 is 0 Å². The van der Waals surface area contributed by atoms with Crippen LogP contribution in [0.15, 0.2) is 224 Å². The number of para-hydroxylation sites is 3. The van der Waals surface area contributed by atoms with Gasteiger partial charge in [0.15, 0.2) is 17.5 Å². The highest BCUT2D eigenvalue weighted by Gasteiger charge is 2.22. The molecule has 0 aliphatic rings. The lowest BCUT2D eigenvalue weighted by atomic mass is 10.0. The van der Waals surface area contributed by atoms with E-state index in [1.807, 2.05) is 24.3 Å². The molecule has 9 aromatic carbocycles. The van der Waals surface area contributed by atoms with Crippen molar-refractivity contribution in [1.29, 1.82) is 0 Å². The van der Waals surface area contributed by atoms with Gasteiger partial charge in [-0.2, -0.15) is 0 Å². The van der Waals surface area contributed by atoms with E-state index in [0.717, 1.165) is 61.4 Å². The second-order valence-corrected chi connectivity index (χ2v) is 15.6. The van der Waals surface area contributed by atoms with Crippen molar-refractivity contribution in [3.8, 4) is 67.8 Å². The summed E-state index contributed by atoms with van der Waals surface area (Å²) in [7, 11) is 0. The van der Waals surface area contributed by atoms with Gasteiger partial charge in [-0.15, -0.1) is 0 Å². The van der Waals surface area contributed by atoms with Crippen molar-refractivity contribution in [2.75, 3.05) is 0 Å². The molecule has 0 aliphatic heterocycles. The molecule has 0 fully saturated rings. The molecule has 12 aromatic rings. The number of rotatable bonds is 7. The predicted molar refractivity (Wildman–Crippen MR) is 256 cm³/mol. The van der Waals surface area contributed by atoms with E-state index in [0.29, 0.717) is 17.5 Å². The molecule has 290 valence electrons. The average Bonchev–Trinajstić information content (AvgIpc) is 3.87. The van der Waals surface area contributed by atoms with Gasteiger partial charge in [0.05, 0.1) is 27.8 Å². The summed E-state index contributed by atoms with van der Waals surface area (Å²) in [5.74, 6) is 1.83. The second kappa shape index (κ2) is 14.7. The monoisotopic (exact) mass is 791 g/mol. The molecule has 5 nitrogen and oxygen atoms in total. The summed E-state index contributed by atoms with van der Waals surface area (Å²) in [4.78, 5) is 15.7. The Hall–Kier alpha value is -8.41. The van der Waals surface area contributed by atoms with Crippen LogP contribution in [0.5, 0.6) is 0 Å². The van der Waals surface area contributed by atoms with Crippen LogP contribution in [0.1, 0.15) is 0 Å². The maximum absolute atomic E-state index is 5.32. The zero-order chi connectivity index (χ0) is 41.0. The molecule has 0 amide bonds. The zero-order valence-electron chi connectivity index (χ0n) is 33.6. The Morgan fingerprint density at radius 3 is 1.24 bits per heavy atom. The molecular formula is C57H37N5. The summed E-state index contributed by atoms with van der Waals surface area (Å²) < 4.78 is 4.80. The first kappa shape index (κ1) is 35.5. The second-order valence-electron chi connectivity index (χ2n) is 15.6. The molecule has 62 heavy (non-hydrogen) atoms. The summed E-state index contributed by atoms with van der Waals surface area (Å²) in [5.41, 5.74) is 13.9. The number of hydrogen-bond donors (Lipinski definition) is 0. The van der Waals surface area contributed by atoms with E-state index in [2.05, 4.69) is 209 Å². The maximum atomic E-state index is 5.32. The van der Waals surface area contributed by atoms with Gasteiger partial charge in [-0.3, -0.25) is 0 Å². The molecule has 0 atom stereocenters. The Kier molecular flexibility index (Phi) is 8.42. The molecule has 0 radical (unpaired) electrons. The van der Waals surface area contributed by atoms with Gasteiger partial charge in [0.1, 0.15) is 0 Å². The van der Waals surface area contributed by atoms with Crippen molar-refractivity contribution in [3.63, 3.8) is 0 Å². The first-order valence-electron chi connectivity index (χ1n) is 20.9. The van der Waals surface area contributed by atoms with Gasteiger partial charge in [0.25, 0.3) is 0 Å². The Labute approximate surface area is 358 Å². The zero-order valence-corrected chi connectivity index (χ0v) is 33.6. The fourth-order valence-electron chi connectivity index (χ4n) is 9.06. The smallest absolute Gasteiger partial charge is 0.166 e. The van der Waals surface area contributed by atoms with Crippen LogP contribution in [0.4, 0.5) is 0 Å². The topological polar surface area (TPSA) is 48.5 Å². The van der Waals surface area contributed by atoms with Crippen LogP contribution in [-0.2, 0) is 0 Å². The first-order chi connectivity index (χ1) is 30.7. The van der Waals surface area contributed by atoms with Crippen molar-refractivity contribution >= 4 is 43.6 Å². The van der Waals surface area contributed by atoms with E-state index in [9.17, 15) is 0 Å². The summed E-state index contributed by atoms with van der Waals surface area (Å²) in [6.45, 7) is 0. The SMILES string of the molecule is c1ccc(-c2ccc(-c3nc(-c4ccccc4)nc(-c4ccc(-c5ccccc5)cc4-n4c5ccccc5c5ccc(-n6c7ccccc7c7ccccc76)cc54)n3)cc2)cc1. The predicted octanol–water partition coefficient (Wildman–Crippen LogP) is 14.4. The summed E-state index contributed by atoms with van der Waals surface area (Å²) in [5, 5.41) is 4.81. The standard InChI is InChI=1S/C57H37N5/c1-4-16-38(17-5-1)40-28-30-42(31-29-40)56-58-55(41-20-8-3-9-21-41)59-57(60-56)49-34-32-43(39-18-6-2-7-19-39)36-53(49)62-52-27-15-12-24-47(52)48-35-33-44(37-54(48)62)61-50-25-13-10-22-45(50)46-23-11-14-26-51(46)61/h1-37H. The van der Waals surface area contributed by atoms with Crippen molar-refractivity contribution in [3.05, 3.63) is 224 Å². The Morgan fingerprint density at radius 1 is 0.258 bits per heavy atom. The van der Waals surface area contributed by atoms with Crippen LogP contribution in [-0.4, -0.2) is 24.1 Å². The van der Waals surface area contributed by atoms with Gasteiger partial charge >= 0.3 is 0 Å². The van der Waals surface area contributed by atoms with Crippen LogP contribution in [0.3, 0.4) is 0 Å². The molecule has 0 saturated carbocycles. The summed E-state index contributed by atoms with van der Waals surface area (Å²) >= 11 is 0. The van der Waals surface area contributed by atoms with Crippen molar-refractivity contribution in [2.24, 2.45) is 0 Å². The van der Waals surface area contributed by atoms with E-state index < -0.39 is 0 Å². The Bertz CT molecular complexity index is 3550. The third-order valence-corrected chi connectivity index (χ3v) is 12.0. The maximum Gasteiger partial charge on any atom is 0.166 e. The minimum atomic E-state index is 0.597. The summed E-state index contributed by atoms with van der Waals surface area (Å²) in [6, 6.07) is 79.3. The fourth-order valence-corrected chi connectivity index (χ4v) is 9.06. The van der Waals surface area contributed by atoms with E-state index in [4.69, 9.17) is 15.0 Å². The molecule has 5 heteroatoms. The third-order valence-electron chi connectivity index (χ3n) is 12.0. The highest BCUT2D eigenvalue weighted by atomic mass is 15.1. The Morgan fingerprint density at radius 2 is 0.661 bits per heavy atom. The molecule has 0 aliphatic carbocycles. The summed E-state index contributed by atoms with van der Waals surface area (Å²) in [6.07, 6.45) is 0. The number of benzene rings is 9. The average molecular weight is 792 g/mol. The van der Waals surface area contributed by atoms with Crippen LogP contribution in [0, 0.1) is 0 Å². The molecule has 0 bridgehead atoms. The van der Waals surface area contributed by atoms with Gasteiger partial charge in [0, 0.05) is 43.9 Å². The van der Waals surface area contributed by atoms with Gasteiger partial charge in [-0.1, -0.05) is 182 Å². The van der Waals surface area contributed by atoms with Crippen LogP contribution >= 0.6 is 0 Å². The van der Waals surface area contributed by atoms with Crippen LogP contribution in [0.2, 0.25) is 0 Å². The Balaban J connectivity index is 1.12. The van der Waals surface area contributed by atoms with E-state index in [-0.39, 0.29) is 0 Å². The third kappa shape index (κ3) is 5.98. The number of fused-ring (bicyclic) bond motifs is 6. The quantitative estimate of drug-likeness (QED) is 0.162. The minimum absolute atomic E-state index is 0.597. The normalized spacial score (nSPS) is 11.5. The first-order valence-corrected chi connectivity index (χ1v) is 20.9. The van der Waals surface area contributed by atoms with Gasteiger partial charge < -0.3 is 9.13 Å². The van der Waals surface area contributed by atoms with Gasteiger partial charge in [-0.25, -0.2) is 15.0 Å². The number of aromatic nitrogens is 5. The van der Waals surface area contributed by atoms with E-state index >= 15 is 0 Å². The fraction of sp³-hybridized carbons (Fsp3) is 0. The molecule has 0 unspecified atom stereocenters. The molecule has 12 rings (SSSR count). The molecular weight excluding hydrogens is 755 g/mol. The van der Waals surface area contributed by atoms with Crippen molar-refractivity contribution in [2.45, 2.75) is 0 Å². The molecule has 3 heterocycles. The highest BCUT2D eigenvalue weighted by molar-refractivity contribution is 6.12. The number of nitrogens with zero attached hydrogens (tertiary/aromatic N) is 5. The largest absolute Gasteiger partial charge is 0.309 e. The minimum Gasteiger partial charge on any atom is -0.309 e. The van der Waals surface area contributed by atoms with Gasteiger partial charge in [0.2, 0.25) is 0 Å². The molecule has 0 saturated heterocycles. The van der Waals surface area contributed by atoms with E-state index in [1.165, 1.54) is 32.6 Å². The highest BCUT2D eigenvalue weighted by Crippen LogP contribution is 2.40. The lowest BCUT2D eigenvalue weighted by Crippen LogP contribution is -2.04.